The number of nitrogens with zero attached hydrogens (tertiary/aromatic N) is 2. The Kier molecular flexibility index (Phi) is 2.55. The fourth-order valence-corrected chi connectivity index (χ4v) is 3.54. The van der Waals surface area contributed by atoms with Gasteiger partial charge in [-0.05, 0) is 33.1 Å². The van der Waals surface area contributed by atoms with Crippen LogP contribution in [0.5, 0.6) is 0 Å². The summed E-state index contributed by atoms with van der Waals surface area (Å²) in [6.07, 6.45) is 1.43. The van der Waals surface area contributed by atoms with Crippen molar-refractivity contribution in [1.29, 1.82) is 0 Å². The Labute approximate surface area is 106 Å². The minimum Gasteiger partial charge on any atom is -0.385 e. The maximum atomic E-state index is 12.3. The summed E-state index contributed by atoms with van der Waals surface area (Å²) in [6.45, 7) is 3.09. The van der Waals surface area contributed by atoms with Crippen LogP contribution in [-0.2, 0) is 4.79 Å². The zero-order chi connectivity index (χ0) is 13.9. The zero-order valence-corrected chi connectivity index (χ0v) is 11.2. The Bertz CT molecular complexity index is 422. The first kappa shape index (κ1) is 13.3. The van der Waals surface area contributed by atoms with Crippen LogP contribution in [0.3, 0.4) is 0 Å². The van der Waals surface area contributed by atoms with Crippen LogP contribution >= 0.6 is 0 Å². The highest BCUT2D eigenvalue weighted by Crippen LogP contribution is 2.53. The monoisotopic (exact) mass is 256 g/mol. The molecule has 1 saturated carbocycles. The summed E-state index contributed by atoms with van der Waals surface area (Å²) in [7, 11) is 2.82. The van der Waals surface area contributed by atoms with Gasteiger partial charge in [-0.3, -0.25) is 14.6 Å². The van der Waals surface area contributed by atoms with Crippen molar-refractivity contribution in [2.45, 2.75) is 44.4 Å². The van der Waals surface area contributed by atoms with Crippen LogP contribution in [0.1, 0.15) is 33.1 Å². The van der Waals surface area contributed by atoms with E-state index in [0.29, 0.717) is 19.3 Å². The quantitative estimate of drug-likeness (QED) is 0.646. The molecule has 0 aromatic carbocycles. The minimum atomic E-state index is -1.86. The Morgan fingerprint density at radius 3 is 2.22 bits per heavy atom. The van der Waals surface area contributed by atoms with Crippen LogP contribution in [0, 0.1) is 5.41 Å². The molecule has 1 heterocycles. The number of urea groups is 1. The Hall–Kier alpha value is -1.14. The molecule has 6 nitrogen and oxygen atoms in total. The molecule has 18 heavy (non-hydrogen) atoms. The molecule has 6 heteroatoms. The van der Waals surface area contributed by atoms with Gasteiger partial charge in [-0.25, -0.2) is 4.79 Å². The molecule has 3 atom stereocenters. The largest absolute Gasteiger partial charge is 0.385 e. The fraction of sp³-hybridized carbons (Fsp3) is 0.833. The van der Waals surface area contributed by atoms with Gasteiger partial charge in [0.2, 0.25) is 5.91 Å². The van der Waals surface area contributed by atoms with E-state index in [0.717, 1.165) is 9.80 Å². The highest BCUT2D eigenvalue weighted by atomic mass is 16.4. The van der Waals surface area contributed by atoms with Gasteiger partial charge in [0.05, 0.1) is 5.41 Å². The summed E-state index contributed by atoms with van der Waals surface area (Å²) in [4.78, 5) is 26.4. The van der Waals surface area contributed by atoms with E-state index in [2.05, 4.69) is 0 Å². The smallest absolute Gasteiger partial charge is 0.328 e. The van der Waals surface area contributed by atoms with Gasteiger partial charge in [0.15, 0.2) is 5.72 Å². The average molecular weight is 256 g/mol. The van der Waals surface area contributed by atoms with E-state index in [1.54, 1.807) is 6.92 Å². The summed E-state index contributed by atoms with van der Waals surface area (Å²) in [5.41, 5.74) is -4.54. The van der Waals surface area contributed by atoms with Gasteiger partial charge in [0, 0.05) is 14.1 Å². The molecule has 2 N–H and O–H groups in total. The van der Waals surface area contributed by atoms with Gasteiger partial charge >= 0.3 is 6.03 Å². The molecule has 2 fully saturated rings. The second-order valence-corrected chi connectivity index (χ2v) is 5.84. The number of aliphatic hydroxyl groups is 2. The van der Waals surface area contributed by atoms with E-state index in [-0.39, 0.29) is 0 Å². The van der Waals surface area contributed by atoms with E-state index >= 15 is 0 Å². The van der Waals surface area contributed by atoms with Crippen LogP contribution in [0.2, 0.25) is 0 Å². The van der Waals surface area contributed by atoms with Crippen LogP contribution in [0.25, 0.3) is 0 Å². The first-order valence-electron chi connectivity index (χ1n) is 6.10. The molecule has 0 radical (unpaired) electrons. The van der Waals surface area contributed by atoms with Crippen LogP contribution in [0.4, 0.5) is 4.79 Å². The lowest BCUT2D eigenvalue weighted by Gasteiger charge is -2.61. The SMILES string of the molecule is CN1C(=O)N(C)[C@]2(O)[C@](C)(O)CCC[C@]2(C)C1=O. The van der Waals surface area contributed by atoms with E-state index in [4.69, 9.17) is 0 Å². The number of rotatable bonds is 0. The summed E-state index contributed by atoms with van der Waals surface area (Å²) in [5.74, 6) is -0.437. The van der Waals surface area contributed by atoms with E-state index in [1.807, 2.05) is 0 Å². The second-order valence-electron chi connectivity index (χ2n) is 5.84. The molecule has 0 aromatic rings. The van der Waals surface area contributed by atoms with Gasteiger partial charge < -0.3 is 10.2 Å². The number of hydrogen-bond acceptors (Lipinski definition) is 4. The summed E-state index contributed by atoms with van der Waals surface area (Å²) >= 11 is 0. The van der Waals surface area contributed by atoms with E-state index in [9.17, 15) is 19.8 Å². The summed E-state index contributed by atoms with van der Waals surface area (Å²) in [6, 6.07) is -0.595. The third kappa shape index (κ3) is 1.20. The van der Waals surface area contributed by atoms with Crippen LogP contribution < -0.4 is 0 Å². The average Bonchev–Trinajstić information content (AvgIpc) is 2.30. The third-order valence-electron chi connectivity index (χ3n) is 4.70. The molecule has 1 aliphatic carbocycles. The van der Waals surface area contributed by atoms with E-state index < -0.39 is 28.7 Å². The first-order valence-corrected chi connectivity index (χ1v) is 6.10. The van der Waals surface area contributed by atoms with Gasteiger partial charge in [-0.1, -0.05) is 0 Å². The molecule has 2 rings (SSSR count). The maximum absolute atomic E-state index is 12.3. The number of hydrogen-bond donors (Lipinski definition) is 2. The maximum Gasteiger partial charge on any atom is 0.328 e. The normalized spacial score (nSPS) is 45.2. The van der Waals surface area contributed by atoms with Crippen molar-refractivity contribution >= 4 is 11.9 Å². The molecule has 1 saturated heterocycles. The molecule has 2 aliphatic rings. The summed E-state index contributed by atoms with van der Waals surface area (Å²) < 4.78 is 0. The molecule has 0 bridgehead atoms. The standard InChI is InChI=1S/C12H20N2O4/c1-10-6-5-7-11(2,17)12(10,18)14(4)9(16)13(3)8(10)15/h17-18H,5-7H2,1-4H3/t10-,11-,12-/m1/s1. The van der Waals surface area contributed by atoms with Crippen molar-refractivity contribution in [2.75, 3.05) is 14.1 Å². The number of carbonyl (C=O) groups excluding carboxylic acids is 2. The lowest BCUT2D eigenvalue weighted by Crippen LogP contribution is -2.80. The van der Waals surface area contributed by atoms with Crippen molar-refractivity contribution in [2.24, 2.45) is 5.41 Å². The van der Waals surface area contributed by atoms with Crippen molar-refractivity contribution in [3.8, 4) is 0 Å². The van der Waals surface area contributed by atoms with Crippen molar-refractivity contribution in [1.82, 2.24) is 9.80 Å². The van der Waals surface area contributed by atoms with E-state index in [1.165, 1.54) is 21.0 Å². The molecule has 0 unspecified atom stereocenters. The number of imide groups is 1. The highest BCUT2D eigenvalue weighted by Gasteiger charge is 2.70. The van der Waals surface area contributed by atoms with Crippen LogP contribution in [0.15, 0.2) is 0 Å². The summed E-state index contributed by atoms with van der Waals surface area (Å²) in [5, 5.41) is 21.4. The van der Waals surface area contributed by atoms with Crippen molar-refractivity contribution in [3.05, 3.63) is 0 Å². The fourth-order valence-electron chi connectivity index (χ4n) is 3.54. The van der Waals surface area contributed by atoms with Gasteiger partial charge in [0.1, 0.15) is 5.60 Å². The van der Waals surface area contributed by atoms with Crippen molar-refractivity contribution in [3.63, 3.8) is 0 Å². The van der Waals surface area contributed by atoms with Gasteiger partial charge in [-0.15, -0.1) is 0 Å². The Morgan fingerprint density at radius 1 is 1.11 bits per heavy atom. The molecule has 102 valence electrons. The number of carbonyl (C=O) groups is 2. The molecule has 0 aromatic heterocycles. The third-order valence-corrected chi connectivity index (χ3v) is 4.70. The molecule has 1 aliphatic heterocycles. The number of amides is 3. The molecular formula is C12H20N2O4. The van der Waals surface area contributed by atoms with Gasteiger partial charge in [-0.2, -0.15) is 0 Å². The zero-order valence-electron chi connectivity index (χ0n) is 11.2. The highest BCUT2D eigenvalue weighted by molar-refractivity contribution is 6.01. The predicted molar refractivity (Wildman–Crippen MR) is 63.5 cm³/mol. The van der Waals surface area contributed by atoms with Gasteiger partial charge in [0.25, 0.3) is 0 Å². The lowest BCUT2D eigenvalue weighted by molar-refractivity contribution is -0.287. The number of likely N-dealkylation sites (N-methyl/N-ethyl adjacent to an activating group) is 1. The number of fused-ring (bicyclic) bond motifs is 1. The minimum absolute atomic E-state index is 0.355. The first-order chi connectivity index (χ1) is 8.09. The predicted octanol–water partition coefficient (Wildman–Crippen LogP) is 0.140. The van der Waals surface area contributed by atoms with Crippen molar-refractivity contribution < 1.29 is 19.8 Å². The van der Waals surface area contributed by atoms with Crippen LogP contribution in [-0.4, -0.2) is 57.4 Å². The lowest BCUT2D eigenvalue weighted by atomic mass is 9.60. The molecular weight excluding hydrogens is 236 g/mol. The second kappa shape index (κ2) is 3.45. The topological polar surface area (TPSA) is 81.1 Å². The molecule has 0 spiro atoms. The molecule has 3 amide bonds. The Morgan fingerprint density at radius 2 is 1.67 bits per heavy atom. The Balaban J connectivity index is 2.64.